The van der Waals surface area contributed by atoms with Crippen LogP contribution in [0.2, 0.25) is 18.1 Å². The lowest BCUT2D eigenvalue weighted by Gasteiger charge is -2.35. The van der Waals surface area contributed by atoms with Crippen LogP contribution in [0.5, 0.6) is 0 Å². The minimum Gasteiger partial charge on any atom is -0.411 e. The number of aromatic nitrogens is 3. The van der Waals surface area contributed by atoms with Crippen LogP contribution in [-0.2, 0) is 11.0 Å². The number of carbonyl (C=O) groups is 1. The van der Waals surface area contributed by atoms with Gasteiger partial charge < -0.3 is 4.43 Å². The van der Waals surface area contributed by atoms with E-state index in [1.54, 1.807) is 0 Å². The molecule has 0 saturated heterocycles. The number of H-pyrrole nitrogens is 1. The summed E-state index contributed by atoms with van der Waals surface area (Å²) in [5.74, 6) is 0. The fourth-order valence-electron chi connectivity index (χ4n) is 0.927. The lowest BCUT2D eigenvalue weighted by atomic mass is 10.2. The largest absolute Gasteiger partial charge is 0.411 e. The van der Waals surface area contributed by atoms with Gasteiger partial charge in [-0.25, -0.2) is 0 Å². The number of nitrogens with one attached hydrogen (secondary N) is 1. The molecule has 0 saturated carbocycles. The Kier molecular flexibility index (Phi) is 3.64. The van der Waals surface area contributed by atoms with Gasteiger partial charge in [0.15, 0.2) is 20.3 Å². The van der Waals surface area contributed by atoms with E-state index in [4.69, 9.17) is 4.43 Å². The van der Waals surface area contributed by atoms with E-state index in [9.17, 15) is 4.79 Å². The van der Waals surface area contributed by atoms with Crippen molar-refractivity contribution in [2.75, 3.05) is 0 Å². The Hall–Kier alpha value is -1.01. The highest BCUT2D eigenvalue weighted by Crippen LogP contribution is 2.36. The minimum atomic E-state index is -1.79. The number of rotatable bonds is 4. The Morgan fingerprint density at radius 1 is 1.38 bits per heavy atom. The van der Waals surface area contributed by atoms with Crippen LogP contribution in [0.25, 0.3) is 0 Å². The molecule has 6 heteroatoms. The molecule has 1 N–H and O–H groups in total. The van der Waals surface area contributed by atoms with Crippen LogP contribution in [0.4, 0.5) is 0 Å². The Bertz CT molecular complexity index is 368. The van der Waals surface area contributed by atoms with Gasteiger partial charge in [-0.3, -0.25) is 4.79 Å². The first kappa shape index (κ1) is 13.1. The van der Waals surface area contributed by atoms with Gasteiger partial charge in [0.2, 0.25) is 0 Å². The van der Waals surface area contributed by atoms with Gasteiger partial charge in [0.1, 0.15) is 5.69 Å². The second-order valence-corrected chi connectivity index (χ2v) is 10.1. The van der Waals surface area contributed by atoms with Crippen LogP contribution in [0.3, 0.4) is 0 Å². The standard InChI is InChI=1S/C10H19N3O2Si/c1-10(2,3)16(4,5)15-7-9-8(6-14)11-13-12-9/h6H,7H2,1-5H3,(H,11,12,13). The van der Waals surface area contributed by atoms with Crippen molar-refractivity contribution >= 4 is 14.6 Å². The highest BCUT2D eigenvalue weighted by atomic mass is 28.4. The summed E-state index contributed by atoms with van der Waals surface area (Å²) < 4.78 is 5.94. The second kappa shape index (κ2) is 4.46. The first-order valence-electron chi connectivity index (χ1n) is 5.27. The third-order valence-corrected chi connectivity index (χ3v) is 7.62. The molecule has 0 spiro atoms. The van der Waals surface area contributed by atoms with E-state index < -0.39 is 8.32 Å². The molecule has 90 valence electrons. The zero-order valence-electron chi connectivity index (χ0n) is 10.5. The van der Waals surface area contributed by atoms with Gasteiger partial charge in [-0.2, -0.15) is 15.4 Å². The van der Waals surface area contributed by atoms with Crippen LogP contribution in [-0.4, -0.2) is 30.0 Å². The second-order valence-electron chi connectivity index (χ2n) is 5.32. The average Bonchev–Trinajstić information content (AvgIpc) is 2.60. The van der Waals surface area contributed by atoms with E-state index >= 15 is 0 Å². The topological polar surface area (TPSA) is 67.9 Å². The first-order valence-corrected chi connectivity index (χ1v) is 8.17. The van der Waals surface area contributed by atoms with Crippen LogP contribution in [0.15, 0.2) is 0 Å². The fraction of sp³-hybridized carbons (Fsp3) is 0.700. The van der Waals surface area contributed by atoms with E-state index in [1.165, 1.54) is 0 Å². The average molecular weight is 241 g/mol. The van der Waals surface area contributed by atoms with Crippen molar-refractivity contribution in [3.63, 3.8) is 0 Å². The molecule has 0 aromatic carbocycles. The molecule has 0 radical (unpaired) electrons. The number of nitrogens with zero attached hydrogens (tertiary/aromatic N) is 2. The summed E-state index contributed by atoms with van der Waals surface area (Å²) in [5.41, 5.74) is 0.915. The summed E-state index contributed by atoms with van der Waals surface area (Å²) in [4.78, 5) is 10.6. The maximum atomic E-state index is 10.6. The van der Waals surface area contributed by atoms with Gasteiger partial charge in [-0.05, 0) is 18.1 Å². The number of hydrogen-bond acceptors (Lipinski definition) is 4. The maximum absolute atomic E-state index is 10.6. The van der Waals surface area contributed by atoms with Crippen molar-refractivity contribution < 1.29 is 9.22 Å². The molecule has 0 aliphatic heterocycles. The highest BCUT2D eigenvalue weighted by Gasteiger charge is 2.37. The summed E-state index contributed by atoms with van der Waals surface area (Å²) >= 11 is 0. The highest BCUT2D eigenvalue weighted by molar-refractivity contribution is 6.74. The molecule has 0 unspecified atom stereocenters. The molecule has 5 nitrogen and oxygen atoms in total. The molecule has 1 heterocycles. The minimum absolute atomic E-state index is 0.151. The molecule has 1 aromatic heterocycles. The van der Waals surface area contributed by atoms with Crippen LogP contribution in [0.1, 0.15) is 37.0 Å². The number of aldehydes is 1. The lowest BCUT2D eigenvalue weighted by molar-refractivity contribution is 0.111. The first-order chi connectivity index (χ1) is 7.28. The molecule has 16 heavy (non-hydrogen) atoms. The summed E-state index contributed by atoms with van der Waals surface area (Å²) in [7, 11) is -1.79. The lowest BCUT2D eigenvalue weighted by Crippen LogP contribution is -2.40. The summed E-state index contributed by atoms with van der Waals surface area (Å²) in [5, 5.41) is 10.2. The van der Waals surface area contributed by atoms with E-state index in [0.717, 1.165) is 0 Å². The van der Waals surface area contributed by atoms with Gasteiger partial charge in [0.05, 0.1) is 6.61 Å². The summed E-state index contributed by atoms with van der Waals surface area (Å²) in [6.07, 6.45) is 0.688. The smallest absolute Gasteiger partial charge is 0.192 e. The van der Waals surface area contributed by atoms with Crippen molar-refractivity contribution in [2.45, 2.75) is 45.5 Å². The van der Waals surface area contributed by atoms with Gasteiger partial charge >= 0.3 is 0 Å². The van der Waals surface area contributed by atoms with Gasteiger partial charge in [0, 0.05) is 0 Å². The molecule has 0 atom stereocenters. The van der Waals surface area contributed by atoms with E-state index in [1.807, 2.05) is 0 Å². The normalized spacial score (nSPS) is 12.8. The molecular formula is C10H19N3O2Si. The molecule has 1 aromatic rings. The molecule has 0 aliphatic rings. The molecule has 0 bridgehead atoms. The van der Waals surface area contributed by atoms with Crippen molar-refractivity contribution in [3.8, 4) is 0 Å². The van der Waals surface area contributed by atoms with Crippen LogP contribution < -0.4 is 0 Å². The number of hydrogen-bond donors (Lipinski definition) is 1. The summed E-state index contributed by atoms with van der Waals surface area (Å²) in [6, 6.07) is 0. The zero-order valence-corrected chi connectivity index (χ0v) is 11.5. The zero-order chi connectivity index (χ0) is 12.4. The molecular weight excluding hydrogens is 222 g/mol. The van der Waals surface area contributed by atoms with Gasteiger partial charge in [-0.1, -0.05) is 20.8 Å². The monoisotopic (exact) mass is 241 g/mol. The van der Waals surface area contributed by atoms with Crippen LogP contribution in [0, 0.1) is 0 Å². The number of carbonyl (C=O) groups excluding carboxylic acids is 1. The molecule has 0 amide bonds. The predicted molar refractivity (Wildman–Crippen MR) is 63.8 cm³/mol. The van der Waals surface area contributed by atoms with Gasteiger partial charge in [0.25, 0.3) is 0 Å². The molecule has 0 aliphatic carbocycles. The van der Waals surface area contributed by atoms with Gasteiger partial charge in [-0.15, -0.1) is 0 Å². The van der Waals surface area contributed by atoms with Crippen molar-refractivity contribution in [1.82, 2.24) is 15.4 Å². The third-order valence-electron chi connectivity index (χ3n) is 3.14. The fourth-order valence-corrected chi connectivity index (χ4v) is 1.86. The van der Waals surface area contributed by atoms with Crippen LogP contribution >= 0.6 is 0 Å². The van der Waals surface area contributed by atoms with E-state index in [0.29, 0.717) is 24.3 Å². The predicted octanol–water partition coefficient (Wildman–Crippen LogP) is 2.14. The van der Waals surface area contributed by atoms with Crippen molar-refractivity contribution in [3.05, 3.63) is 11.4 Å². The Morgan fingerprint density at radius 2 is 2.00 bits per heavy atom. The SMILES string of the molecule is CC(C)(C)[Si](C)(C)OCc1n[nH]nc1C=O. The summed E-state index contributed by atoms with van der Waals surface area (Å²) in [6.45, 7) is 11.2. The van der Waals surface area contributed by atoms with Crippen molar-refractivity contribution in [2.24, 2.45) is 0 Å². The third kappa shape index (κ3) is 2.76. The Labute approximate surface area is 96.7 Å². The molecule has 1 rings (SSSR count). The Balaban J connectivity index is 2.68. The quantitative estimate of drug-likeness (QED) is 0.647. The number of aromatic amines is 1. The van der Waals surface area contributed by atoms with Crippen molar-refractivity contribution in [1.29, 1.82) is 0 Å². The van der Waals surface area contributed by atoms with E-state index in [2.05, 4.69) is 49.3 Å². The molecule has 0 fully saturated rings. The van der Waals surface area contributed by atoms with E-state index in [-0.39, 0.29) is 5.04 Å². The Morgan fingerprint density at radius 3 is 2.50 bits per heavy atom. The maximum Gasteiger partial charge on any atom is 0.192 e.